The van der Waals surface area contributed by atoms with E-state index in [1.165, 1.54) is 0 Å². The van der Waals surface area contributed by atoms with E-state index in [0.717, 1.165) is 25.9 Å². The van der Waals surface area contributed by atoms with Gasteiger partial charge in [-0.25, -0.2) is 0 Å². The molecule has 1 atom stereocenters. The first-order chi connectivity index (χ1) is 6.45. The molecular formula is C11H24N2O. The van der Waals surface area contributed by atoms with Crippen LogP contribution >= 0.6 is 0 Å². The van der Waals surface area contributed by atoms with Crippen LogP contribution in [0.1, 0.15) is 33.6 Å². The highest BCUT2D eigenvalue weighted by molar-refractivity contribution is 4.86. The molecular weight excluding hydrogens is 176 g/mol. The standard InChI is InChI=1S/C11H24N2O/c1-11(2,3)10(8-12)13-6-4-9(14)5-7-13/h9-10,14H,4-8,12H2,1-3H3. The molecule has 0 amide bonds. The maximum Gasteiger partial charge on any atom is 0.0564 e. The maximum absolute atomic E-state index is 9.43. The lowest BCUT2D eigenvalue weighted by molar-refractivity contribution is 0.0301. The first-order valence-electron chi connectivity index (χ1n) is 5.57. The van der Waals surface area contributed by atoms with Gasteiger partial charge in [-0.3, -0.25) is 4.90 Å². The normalized spacial score (nSPS) is 23.8. The van der Waals surface area contributed by atoms with Gasteiger partial charge < -0.3 is 10.8 Å². The largest absolute Gasteiger partial charge is 0.393 e. The van der Waals surface area contributed by atoms with Gasteiger partial charge in [-0.15, -0.1) is 0 Å². The first-order valence-corrected chi connectivity index (χ1v) is 5.57. The van der Waals surface area contributed by atoms with Crippen molar-refractivity contribution < 1.29 is 5.11 Å². The number of rotatable bonds is 2. The Labute approximate surface area is 87.3 Å². The number of piperidine rings is 1. The number of aliphatic hydroxyl groups excluding tert-OH is 1. The van der Waals surface area contributed by atoms with Gasteiger partial charge >= 0.3 is 0 Å². The zero-order valence-electron chi connectivity index (χ0n) is 9.66. The van der Waals surface area contributed by atoms with Crippen molar-refractivity contribution in [2.75, 3.05) is 19.6 Å². The van der Waals surface area contributed by atoms with Crippen molar-refractivity contribution >= 4 is 0 Å². The Kier molecular flexibility index (Phi) is 3.93. The van der Waals surface area contributed by atoms with Gasteiger partial charge in [-0.1, -0.05) is 20.8 Å². The lowest BCUT2D eigenvalue weighted by Crippen LogP contribution is -2.52. The van der Waals surface area contributed by atoms with Crippen molar-refractivity contribution in [3.05, 3.63) is 0 Å². The molecule has 1 saturated heterocycles. The molecule has 0 aromatic carbocycles. The molecule has 0 spiro atoms. The van der Waals surface area contributed by atoms with Crippen molar-refractivity contribution in [3.8, 4) is 0 Å². The predicted octanol–water partition coefficient (Wildman–Crippen LogP) is 0.817. The molecule has 1 fully saturated rings. The second-order valence-electron chi connectivity index (χ2n) is 5.38. The summed E-state index contributed by atoms with van der Waals surface area (Å²) in [4.78, 5) is 2.42. The fourth-order valence-electron chi connectivity index (χ4n) is 2.25. The predicted molar refractivity (Wildman–Crippen MR) is 59.1 cm³/mol. The van der Waals surface area contributed by atoms with Crippen LogP contribution in [0.5, 0.6) is 0 Å². The van der Waals surface area contributed by atoms with Crippen LogP contribution in [0.4, 0.5) is 0 Å². The molecule has 0 radical (unpaired) electrons. The SMILES string of the molecule is CC(C)(C)C(CN)N1CCC(O)CC1. The molecule has 0 bridgehead atoms. The van der Waals surface area contributed by atoms with Crippen LogP contribution in [0.3, 0.4) is 0 Å². The molecule has 3 N–H and O–H groups in total. The third kappa shape index (κ3) is 2.94. The molecule has 3 heteroatoms. The van der Waals surface area contributed by atoms with Crippen LogP contribution in [0.15, 0.2) is 0 Å². The molecule has 1 aliphatic rings. The van der Waals surface area contributed by atoms with E-state index in [2.05, 4.69) is 25.7 Å². The lowest BCUT2D eigenvalue weighted by atomic mass is 9.84. The second-order valence-corrected chi connectivity index (χ2v) is 5.38. The Balaban J connectivity index is 2.54. The number of hydrogen-bond acceptors (Lipinski definition) is 3. The number of nitrogens with zero attached hydrogens (tertiary/aromatic N) is 1. The molecule has 1 aliphatic heterocycles. The van der Waals surface area contributed by atoms with Gasteiger partial charge in [0.15, 0.2) is 0 Å². The third-order valence-electron chi connectivity index (χ3n) is 3.16. The third-order valence-corrected chi connectivity index (χ3v) is 3.16. The number of likely N-dealkylation sites (tertiary alicyclic amines) is 1. The van der Waals surface area contributed by atoms with Gasteiger partial charge in [0.05, 0.1) is 6.10 Å². The summed E-state index contributed by atoms with van der Waals surface area (Å²) in [5.41, 5.74) is 6.05. The molecule has 3 nitrogen and oxygen atoms in total. The lowest BCUT2D eigenvalue weighted by Gasteiger charge is -2.42. The van der Waals surface area contributed by atoms with Crippen LogP contribution in [0, 0.1) is 5.41 Å². The van der Waals surface area contributed by atoms with Crippen LogP contribution in [0.25, 0.3) is 0 Å². The quantitative estimate of drug-likeness (QED) is 0.694. The highest BCUT2D eigenvalue weighted by atomic mass is 16.3. The Bertz CT molecular complexity index is 169. The summed E-state index contributed by atoms with van der Waals surface area (Å²) in [6.07, 6.45) is 1.70. The van der Waals surface area contributed by atoms with Crippen LogP contribution < -0.4 is 5.73 Å². The highest BCUT2D eigenvalue weighted by Gasteiger charge is 2.31. The van der Waals surface area contributed by atoms with Crippen molar-refractivity contribution in [2.45, 2.75) is 45.8 Å². The summed E-state index contributed by atoms with van der Waals surface area (Å²) in [6.45, 7) is 9.38. The summed E-state index contributed by atoms with van der Waals surface area (Å²) >= 11 is 0. The van der Waals surface area contributed by atoms with Gasteiger partial charge in [0, 0.05) is 25.7 Å². The molecule has 0 saturated carbocycles. The van der Waals surface area contributed by atoms with Gasteiger partial charge in [-0.2, -0.15) is 0 Å². The Morgan fingerprint density at radius 3 is 2.21 bits per heavy atom. The summed E-state index contributed by atoms with van der Waals surface area (Å²) in [7, 11) is 0. The van der Waals surface area contributed by atoms with Crippen molar-refractivity contribution in [2.24, 2.45) is 11.1 Å². The summed E-state index contributed by atoms with van der Waals surface area (Å²) in [5, 5.41) is 9.43. The smallest absolute Gasteiger partial charge is 0.0564 e. The first kappa shape index (κ1) is 12.0. The van der Waals surface area contributed by atoms with Crippen molar-refractivity contribution in [3.63, 3.8) is 0 Å². The van der Waals surface area contributed by atoms with Gasteiger partial charge in [0.1, 0.15) is 0 Å². The van der Waals surface area contributed by atoms with E-state index in [1.807, 2.05) is 0 Å². The summed E-state index contributed by atoms with van der Waals surface area (Å²) < 4.78 is 0. The Morgan fingerprint density at radius 1 is 1.36 bits per heavy atom. The van der Waals surface area contributed by atoms with E-state index in [-0.39, 0.29) is 11.5 Å². The summed E-state index contributed by atoms with van der Waals surface area (Å²) in [5.74, 6) is 0. The van der Waals surface area contributed by atoms with Crippen molar-refractivity contribution in [1.29, 1.82) is 0 Å². The van der Waals surface area contributed by atoms with Crippen LogP contribution in [-0.2, 0) is 0 Å². The molecule has 14 heavy (non-hydrogen) atoms. The molecule has 1 rings (SSSR count). The summed E-state index contributed by atoms with van der Waals surface area (Å²) in [6, 6.07) is 0.440. The number of hydrogen-bond donors (Lipinski definition) is 2. The molecule has 1 unspecified atom stereocenters. The van der Waals surface area contributed by atoms with Crippen molar-refractivity contribution in [1.82, 2.24) is 4.90 Å². The molecule has 1 heterocycles. The van der Waals surface area contributed by atoms with E-state index in [1.54, 1.807) is 0 Å². The van der Waals surface area contributed by atoms with E-state index >= 15 is 0 Å². The van der Waals surface area contributed by atoms with Crippen LogP contribution in [0.2, 0.25) is 0 Å². The average molecular weight is 200 g/mol. The molecule has 0 aromatic heterocycles. The van der Waals surface area contributed by atoms with E-state index in [0.29, 0.717) is 12.6 Å². The minimum Gasteiger partial charge on any atom is -0.393 e. The zero-order valence-corrected chi connectivity index (χ0v) is 9.66. The topological polar surface area (TPSA) is 49.5 Å². The Hall–Kier alpha value is -0.120. The maximum atomic E-state index is 9.43. The van der Waals surface area contributed by atoms with Crippen LogP contribution in [-0.4, -0.2) is 41.8 Å². The highest BCUT2D eigenvalue weighted by Crippen LogP contribution is 2.26. The number of nitrogens with two attached hydrogens (primary N) is 1. The minimum absolute atomic E-state index is 0.0929. The van der Waals surface area contributed by atoms with E-state index in [9.17, 15) is 5.11 Å². The molecule has 0 aliphatic carbocycles. The minimum atomic E-state index is -0.0929. The van der Waals surface area contributed by atoms with E-state index < -0.39 is 0 Å². The Morgan fingerprint density at radius 2 is 1.86 bits per heavy atom. The van der Waals surface area contributed by atoms with Gasteiger partial charge in [0.25, 0.3) is 0 Å². The monoisotopic (exact) mass is 200 g/mol. The molecule has 0 aromatic rings. The van der Waals surface area contributed by atoms with Gasteiger partial charge in [-0.05, 0) is 18.3 Å². The number of aliphatic hydroxyl groups is 1. The second kappa shape index (κ2) is 4.60. The van der Waals surface area contributed by atoms with E-state index in [4.69, 9.17) is 5.73 Å². The average Bonchev–Trinajstić information content (AvgIpc) is 2.07. The fourth-order valence-corrected chi connectivity index (χ4v) is 2.25. The zero-order chi connectivity index (χ0) is 10.8. The van der Waals surface area contributed by atoms with Gasteiger partial charge in [0.2, 0.25) is 0 Å². The molecule has 84 valence electrons. The fraction of sp³-hybridized carbons (Fsp3) is 1.00.